The predicted octanol–water partition coefficient (Wildman–Crippen LogP) is 4.11. The second kappa shape index (κ2) is 11.1. The van der Waals surface area contributed by atoms with Crippen molar-refractivity contribution < 1.29 is 22.7 Å². The number of likely N-dealkylation sites (N-methyl/N-ethyl adjacent to an activating group) is 1. The van der Waals surface area contributed by atoms with E-state index in [0.29, 0.717) is 19.6 Å². The minimum absolute atomic E-state index is 0.0261. The Kier molecular flexibility index (Phi) is 8.51. The topological polar surface area (TPSA) is 84.0 Å². The standard InChI is InChI=1S/C24H29ClN2O5S/c1-18(23(28)26(2)17-19-10-6-5-7-11-19)32-24(29)20-12-13-21(25)22(16-20)33(30,31)27-14-8-3-4-9-15-27/h5-7,10-13,16,18H,3-4,8-9,14-15,17H2,1-2H3. The van der Waals surface area contributed by atoms with Crippen LogP contribution in [0.1, 0.15) is 48.5 Å². The summed E-state index contributed by atoms with van der Waals surface area (Å²) in [4.78, 5) is 26.7. The van der Waals surface area contributed by atoms with Gasteiger partial charge in [-0.05, 0) is 43.5 Å². The molecule has 0 bridgehead atoms. The summed E-state index contributed by atoms with van der Waals surface area (Å²) in [5.74, 6) is -1.15. The summed E-state index contributed by atoms with van der Waals surface area (Å²) in [6, 6.07) is 13.5. The summed E-state index contributed by atoms with van der Waals surface area (Å²) in [6.45, 7) is 2.71. The number of amides is 1. The van der Waals surface area contributed by atoms with Gasteiger partial charge in [-0.3, -0.25) is 4.79 Å². The average Bonchev–Trinajstić information content (AvgIpc) is 3.09. The molecule has 0 aliphatic carbocycles. The molecule has 1 atom stereocenters. The fourth-order valence-corrected chi connectivity index (χ4v) is 5.79. The Morgan fingerprint density at radius 3 is 2.33 bits per heavy atom. The Labute approximate surface area is 200 Å². The van der Waals surface area contributed by atoms with Crippen molar-refractivity contribution in [3.8, 4) is 0 Å². The zero-order chi connectivity index (χ0) is 24.0. The number of halogens is 1. The van der Waals surface area contributed by atoms with E-state index in [1.54, 1.807) is 7.05 Å². The molecule has 33 heavy (non-hydrogen) atoms. The SMILES string of the molecule is CC(OC(=O)c1ccc(Cl)c(S(=O)(=O)N2CCCCCC2)c1)C(=O)N(C)Cc1ccccc1. The van der Waals surface area contributed by atoms with Crippen LogP contribution in [0.2, 0.25) is 5.02 Å². The first kappa shape index (κ1) is 25.2. The third-order valence-corrected chi connectivity index (χ3v) is 8.00. The summed E-state index contributed by atoms with van der Waals surface area (Å²) in [5.41, 5.74) is 0.978. The Hall–Kier alpha value is -2.42. The molecule has 9 heteroatoms. The molecule has 1 fully saturated rings. The minimum Gasteiger partial charge on any atom is -0.449 e. The summed E-state index contributed by atoms with van der Waals surface area (Å²) in [5, 5.41) is 0.0440. The van der Waals surface area contributed by atoms with Crippen LogP contribution >= 0.6 is 11.6 Å². The van der Waals surface area contributed by atoms with Crippen molar-refractivity contribution in [1.82, 2.24) is 9.21 Å². The number of ether oxygens (including phenoxy) is 1. The van der Waals surface area contributed by atoms with Crippen LogP contribution in [-0.2, 0) is 26.1 Å². The highest BCUT2D eigenvalue weighted by Gasteiger charge is 2.29. The number of nitrogens with zero attached hydrogens (tertiary/aromatic N) is 2. The van der Waals surface area contributed by atoms with Gasteiger partial charge in [-0.25, -0.2) is 13.2 Å². The van der Waals surface area contributed by atoms with Crippen molar-refractivity contribution in [2.24, 2.45) is 0 Å². The summed E-state index contributed by atoms with van der Waals surface area (Å²) in [6.07, 6.45) is 2.50. The zero-order valence-corrected chi connectivity index (χ0v) is 20.4. The van der Waals surface area contributed by atoms with Crippen molar-refractivity contribution in [3.63, 3.8) is 0 Å². The van der Waals surface area contributed by atoms with Crippen LogP contribution in [0.3, 0.4) is 0 Å². The Morgan fingerprint density at radius 1 is 1.06 bits per heavy atom. The maximum Gasteiger partial charge on any atom is 0.338 e. The van der Waals surface area contributed by atoms with E-state index in [1.807, 2.05) is 30.3 Å². The summed E-state index contributed by atoms with van der Waals surface area (Å²) >= 11 is 6.20. The third-order valence-electron chi connectivity index (χ3n) is 5.62. The molecule has 1 saturated heterocycles. The molecule has 1 aliphatic rings. The van der Waals surface area contributed by atoms with Crippen LogP contribution in [0.25, 0.3) is 0 Å². The number of hydrogen-bond donors (Lipinski definition) is 0. The molecule has 2 aromatic rings. The van der Waals surface area contributed by atoms with Gasteiger partial charge in [0.1, 0.15) is 4.90 Å². The Bertz CT molecular complexity index is 1080. The van der Waals surface area contributed by atoms with E-state index in [0.717, 1.165) is 31.2 Å². The maximum absolute atomic E-state index is 13.2. The van der Waals surface area contributed by atoms with Gasteiger partial charge in [0, 0.05) is 26.7 Å². The van der Waals surface area contributed by atoms with Crippen LogP contribution in [0.5, 0.6) is 0 Å². The second-order valence-corrected chi connectivity index (χ2v) is 10.5. The van der Waals surface area contributed by atoms with Gasteiger partial charge >= 0.3 is 5.97 Å². The summed E-state index contributed by atoms with van der Waals surface area (Å²) in [7, 11) is -2.21. The molecule has 1 amide bonds. The number of sulfonamides is 1. The fourth-order valence-electron chi connectivity index (χ4n) is 3.77. The van der Waals surface area contributed by atoms with Crippen LogP contribution in [0, 0.1) is 0 Å². The lowest BCUT2D eigenvalue weighted by atomic mass is 10.2. The van der Waals surface area contributed by atoms with Gasteiger partial charge in [0.15, 0.2) is 6.10 Å². The Balaban J connectivity index is 1.71. The van der Waals surface area contributed by atoms with Crippen molar-refractivity contribution in [1.29, 1.82) is 0 Å². The number of carbonyl (C=O) groups is 2. The number of rotatable bonds is 7. The van der Waals surface area contributed by atoms with Gasteiger partial charge in [0.2, 0.25) is 10.0 Å². The van der Waals surface area contributed by atoms with Gasteiger partial charge < -0.3 is 9.64 Å². The molecular formula is C24H29ClN2O5S. The minimum atomic E-state index is -3.85. The van der Waals surface area contributed by atoms with Gasteiger partial charge in [0.05, 0.1) is 10.6 Å². The molecule has 3 rings (SSSR count). The molecule has 0 aromatic heterocycles. The largest absolute Gasteiger partial charge is 0.449 e. The van der Waals surface area contributed by atoms with Gasteiger partial charge in [0.25, 0.3) is 5.91 Å². The Morgan fingerprint density at radius 2 is 1.70 bits per heavy atom. The normalized spacial score (nSPS) is 16.0. The predicted molar refractivity (Wildman–Crippen MR) is 126 cm³/mol. The zero-order valence-electron chi connectivity index (χ0n) is 18.9. The first-order chi connectivity index (χ1) is 15.7. The van der Waals surface area contributed by atoms with Crippen molar-refractivity contribution in [3.05, 3.63) is 64.7 Å². The molecular weight excluding hydrogens is 464 g/mol. The highest BCUT2D eigenvalue weighted by Crippen LogP contribution is 2.28. The van der Waals surface area contributed by atoms with E-state index < -0.39 is 22.1 Å². The molecule has 7 nitrogen and oxygen atoms in total. The van der Waals surface area contributed by atoms with Crippen molar-refractivity contribution >= 4 is 33.5 Å². The lowest BCUT2D eigenvalue weighted by Crippen LogP contribution is -2.37. The molecule has 2 aromatic carbocycles. The number of benzene rings is 2. The van der Waals surface area contributed by atoms with E-state index in [4.69, 9.17) is 16.3 Å². The fraction of sp³-hybridized carbons (Fsp3) is 0.417. The number of hydrogen-bond acceptors (Lipinski definition) is 5. The molecule has 0 saturated carbocycles. The van der Waals surface area contributed by atoms with Crippen LogP contribution in [0.15, 0.2) is 53.4 Å². The maximum atomic E-state index is 13.2. The van der Waals surface area contributed by atoms with E-state index in [9.17, 15) is 18.0 Å². The van der Waals surface area contributed by atoms with Crippen LogP contribution in [0.4, 0.5) is 0 Å². The van der Waals surface area contributed by atoms with Gasteiger partial charge in [-0.1, -0.05) is 54.8 Å². The second-order valence-electron chi connectivity index (χ2n) is 8.19. The number of esters is 1. The lowest BCUT2D eigenvalue weighted by molar-refractivity contribution is -0.139. The van der Waals surface area contributed by atoms with E-state index in [-0.39, 0.29) is 21.4 Å². The molecule has 0 N–H and O–H groups in total. The summed E-state index contributed by atoms with van der Waals surface area (Å²) < 4.78 is 33.1. The molecule has 0 spiro atoms. The van der Waals surface area contributed by atoms with E-state index >= 15 is 0 Å². The molecule has 1 aliphatic heterocycles. The number of carbonyl (C=O) groups excluding carboxylic acids is 2. The molecule has 0 radical (unpaired) electrons. The first-order valence-electron chi connectivity index (χ1n) is 11.0. The molecule has 1 unspecified atom stereocenters. The van der Waals surface area contributed by atoms with Gasteiger partial charge in [-0.2, -0.15) is 4.31 Å². The van der Waals surface area contributed by atoms with Crippen LogP contribution in [-0.4, -0.2) is 55.7 Å². The van der Waals surface area contributed by atoms with Gasteiger partial charge in [-0.15, -0.1) is 0 Å². The first-order valence-corrected chi connectivity index (χ1v) is 12.8. The highest BCUT2D eigenvalue weighted by atomic mass is 35.5. The smallest absolute Gasteiger partial charge is 0.338 e. The quantitative estimate of drug-likeness (QED) is 0.543. The van der Waals surface area contributed by atoms with Crippen LogP contribution < -0.4 is 0 Å². The van der Waals surface area contributed by atoms with E-state index in [2.05, 4.69) is 0 Å². The van der Waals surface area contributed by atoms with Crippen molar-refractivity contribution in [2.45, 2.75) is 50.2 Å². The lowest BCUT2D eigenvalue weighted by Gasteiger charge is -2.22. The highest BCUT2D eigenvalue weighted by molar-refractivity contribution is 7.89. The monoisotopic (exact) mass is 492 g/mol. The molecule has 178 valence electrons. The van der Waals surface area contributed by atoms with E-state index in [1.165, 1.54) is 34.3 Å². The van der Waals surface area contributed by atoms with Crippen molar-refractivity contribution in [2.75, 3.05) is 20.1 Å². The third kappa shape index (κ3) is 6.34. The molecule has 1 heterocycles. The average molecular weight is 493 g/mol.